The van der Waals surface area contributed by atoms with Gasteiger partial charge in [0.2, 0.25) is 0 Å². The van der Waals surface area contributed by atoms with Crippen molar-refractivity contribution in [3.05, 3.63) is 36.3 Å². The first-order chi connectivity index (χ1) is 12.7. The Morgan fingerprint density at radius 2 is 2.00 bits per heavy atom. The topological polar surface area (TPSA) is 51.6 Å². The van der Waals surface area contributed by atoms with Gasteiger partial charge < -0.3 is 24.3 Å². The zero-order valence-electron chi connectivity index (χ0n) is 15.6. The predicted molar refractivity (Wildman–Crippen MR) is 101 cm³/mol. The number of hydrogen-bond acceptors (Lipinski definition) is 5. The second-order valence-corrected chi connectivity index (χ2v) is 7.34. The van der Waals surface area contributed by atoms with E-state index in [1.165, 1.54) is 25.9 Å². The lowest BCUT2D eigenvalue weighted by Gasteiger charge is -2.31. The summed E-state index contributed by atoms with van der Waals surface area (Å²) in [5.41, 5.74) is 2.10. The minimum Gasteiger partial charge on any atom is -0.497 e. The molecule has 4 rings (SSSR count). The highest BCUT2D eigenvalue weighted by Crippen LogP contribution is 2.24. The van der Waals surface area contributed by atoms with Crippen LogP contribution in [0.1, 0.15) is 18.7 Å². The molecular weight excluding hydrogens is 328 g/mol. The summed E-state index contributed by atoms with van der Waals surface area (Å²) >= 11 is 0. The molecule has 0 spiro atoms. The summed E-state index contributed by atoms with van der Waals surface area (Å²) in [5.74, 6) is 1.87. The molecule has 1 saturated heterocycles. The standard InChI is InChI=1S/C20H28N4O2/c1-23-9-7-16(8-10-23)21-11-18-12-24-13-19(22-20(24)14-26-18)15-3-5-17(25-2)6-4-15/h3-6,13,16,18,21H,7-12,14H2,1-2H3. The number of likely N-dealkylation sites (tertiary alicyclic amines) is 1. The number of methoxy groups -OCH3 is 1. The zero-order chi connectivity index (χ0) is 17.9. The Kier molecular flexibility index (Phi) is 5.24. The van der Waals surface area contributed by atoms with Crippen LogP contribution in [0.25, 0.3) is 11.3 Å². The van der Waals surface area contributed by atoms with Gasteiger partial charge in [-0.3, -0.25) is 0 Å². The fourth-order valence-corrected chi connectivity index (χ4v) is 3.73. The van der Waals surface area contributed by atoms with Crippen LogP contribution in [-0.2, 0) is 17.9 Å². The van der Waals surface area contributed by atoms with E-state index in [1.54, 1.807) is 7.11 Å². The molecule has 1 aromatic carbocycles. The SMILES string of the molecule is COc1ccc(-c2cn3c(n2)COC(CNC2CCN(C)CC2)C3)cc1. The number of rotatable bonds is 5. The van der Waals surface area contributed by atoms with Crippen LogP contribution < -0.4 is 10.1 Å². The Labute approximate surface area is 155 Å². The van der Waals surface area contributed by atoms with Crippen molar-refractivity contribution in [2.45, 2.75) is 38.1 Å². The highest BCUT2D eigenvalue weighted by molar-refractivity contribution is 5.59. The van der Waals surface area contributed by atoms with Gasteiger partial charge in [0.15, 0.2) is 0 Å². The summed E-state index contributed by atoms with van der Waals surface area (Å²) in [4.78, 5) is 7.14. The second-order valence-electron chi connectivity index (χ2n) is 7.34. The summed E-state index contributed by atoms with van der Waals surface area (Å²) < 4.78 is 13.5. The molecule has 26 heavy (non-hydrogen) atoms. The van der Waals surface area contributed by atoms with Gasteiger partial charge in [-0.2, -0.15) is 0 Å². The van der Waals surface area contributed by atoms with Gasteiger partial charge in [-0.1, -0.05) is 0 Å². The van der Waals surface area contributed by atoms with Crippen LogP contribution >= 0.6 is 0 Å². The number of hydrogen-bond donors (Lipinski definition) is 1. The Hall–Kier alpha value is -1.89. The van der Waals surface area contributed by atoms with Crippen LogP contribution in [0, 0.1) is 0 Å². The number of ether oxygens (including phenoxy) is 2. The van der Waals surface area contributed by atoms with Crippen LogP contribution in [-0.4, -0.2) is 60.4 Å². The van der Waals surface area contributed by atoms with E-state index in [0.29, 0.717) is 12.6 Å². The molecule has 2 aliphatic rings. The molecule has 1 fully saturated rings. The molecule has 1 unspecified atom stereocenters. The van der Waals surface area contributed by atoms with Crippen molar-refractivity contribution in [1.29, 1.82) is 0 Å². The lowest BCUT2D eigenvalue weighted by atomic mass is 10.1. The molecule has 2 aromatic rings. The van der Waals surface area contributed by atoms with Crippen LogP contribution in [0.15, 0.2) is 30.5 Å². The van der Waals surface area contributed by atoms with Crippen LogP contribution in [0.5, 0.6) is 5.75 Å². The summed E-state index contributed by atoms with van der Waals surface area (Å²) in [5, 5.41) is 3.69. The third kappa shape index (κ3) is 3.92. The minimum absolute atomic E-state index is 0.208. The average molecular weight is 356 g/mol. The fourth-order valence-electron chi connectivity index (χ4n) is 3.73. The molecule has 1 atom stereocenters. The summed E-state index contributed by atoms with van der Waals surface area (Å²) in [7, 11) is 3.88. The van der Waals surface area contributed by atoms with Crippen LogP contribution in [0.2, 0.25) is 0 Å². The summed E-state index contributed by atoms with van der Waals surface area (Å²) in [6.45, 7) is 4.71. The van der Waals surface area contributed by atoms with Crippen LogP contribution in [0.3, 0.4) is 0 Å². The van der Waals surface area contributed by atoms with Crippen molar-refractivity contribution in [3.63, 3.8) is 0 Å². The van der Waals surface area contributed by atoms with E-state index in [0.717, 1.165) is 35.9 Å². The molecule has 1 N–H and O–H groups in total. The van der Waals surface area contributed by atoms with Gasteiger partial charge in [0.1, 0.15) is 18.2 Å². The number of fused-ring (bicyclic) bond motifs is 1. The van der Waals surface area contributed by atoms with Crippen molar-refractivity contribution in [2.75, 3.05) is 33.8 Å². The first-order valence-corrected chi connectivity index (χ1v) is 9.45. The molecule has 0 radical (unpaired) electrons. The Balaban J connectivity index is 1.35. The van der Waals surface area contributed by atoms with Crippen molar-refractivity contribution in [2.24, 2.45) is 0 Å². The third-order valence-electron chi connectivity index (χ3n) is 5.45. The number of piperidine rings is 1. The number of benzene rings is 1. The maximum Gasteiger partial charge on any atom is 0.135 e. The van der Waals surface area contributed by atoms with E-state index >= 15 is 0 Å². The van der Waals surface area contributed by atoms with E-state index in [-0.39, 0.29) is 6.10 Å². The quantitative estimate of drug-likeness (QED) is 0.890. The smallest absolute Gasteiger partial charge is 0.135 e. The molecule has 0 bridgehead atoms. The number of nitrogens with zero attached hydrogens (tertiary/aromatic N) is 3. The van der Waals surface area contributed by atoms with Gasteiger partial charge in [0.05, 0.1) is 25.5 Å². The number of aromatic nitrogens is 2. The predicted octanol–water partition coefficient (Wildman–Crippen LogP) is 2.14. The molecule has 6 heteroatoms. The normalized spacial score (nSPS) is 21.5. The molecule has 3 heterocycles. The number of imidazole rings is 1. The van der Waals surface area contributed by atoms with Crippen molar-refractivity contribution in [1.82, 2.24) is 19.8 Å². The molecule has 1 aromatic heterocycles. The van der Waals surface area contributed by atoms with E-state index in [9.17, 15) is 0 Å². The van der Waals surface area contributed by atoms with E-state index < -0.39 is 0 Å². The molecule has 0 amide bonds. The molecule has 0 saturated carbocycles. The van der Waals surface area contributed by atoms with Crippen LogP contribution in [0.4, 0.5) is 0 Å². The minimum atomic E-state index is 0.208. The highest BCUT2D eigenvalue weighted by Gasteiger charge is 2.23. The summed E-state index contributed by atoms with van der Waals surface area (Å²) in [6.07, 6.45) is 4.80. The molecule has 6 nitrogen and oxygen atoms in total. The average Bonchev–Trinajstić information content (AvgIpc) is 3.11. The molecule has 2 aliphatic heterocycles. The van der Waals surface area contributed by atoms with Gasteiger partial charge in [0.25, 0.3) is 0 Å². The second kappa shape index (κ2) is 7.78. The maximum absolute atomic E-state index is 6.03. The molecule has 140 valence electrons. The van der Waals surface area contributed by atoms with E-state index in [4.69, 9.17) is 14.5 Å². The molecule has 0 aliphatic carbocycles. The maximum atomic E-state index is 6.03. The van der Waals surface area contributed by atoms with Gasteiger partial charge in [-0.25, -0.2) is 4.98 Å². The Morgan fingerprint density at radius 3 is 2.73 bits per heavy atom. The first kappa shape index (κ1) is 17.5. The fraction of sp³-hybridized carbons (Fsp3) is 0.550. The lowest BCUT2D eigenvalue weighted by molar-refractivity contribution is 0.000430. The Bertz CT molecular complexity index is 720. The highest BCUT2D eigenvalue weighted by atomic mass is 16.5. The van der Waals surface area contributed by atoms with Gasteiger partial charge in [-0.15, -0.1) is 0 Å². The van der Waals surface area contributed by atoms with Crippen molar-refractivity contribution in [3.8, 4) is 17.0 Å². The van der Waals surface area contributed by atoms with Gasteiger partial charge in [0, 0.05) is 24.3 Å². The summed E-state index contributed by atoms with van der Waals surface area (Å²) in [6, 6.07) is 8.66. The largest absolute Gasteiger partial charge is 0.497 e. The number of nitrogens with one attached hydrogen (secondary N) is 1. The monoisotopic (exact) mass is 356 g/mol. The van der Waals surface area contributed by atoms with Crippen molar-refractivity contribution < 1.29 is 9.47 Å². The van der Waals surface area contributed by atoms with Crippen molar-refractivity contribution >= 4 is 0 Å². The zero-order valence-corrected chi connectivity index (χ0v) is 15.6. The van der Waals surface area contributed by atoms with Gasteiger partial charge in [-0.05, 0) is 57.2 Å². The first-order valence-electron chi connectivity index (χ1n) is 9.45. The molecular formula is C20H28N4O2. The third-order valence-corrected chi connectivity index (χ3v) is 5.45. The van der Waals surface area contributed by atoms with Gasteiger partial charge >= 0.3 is 0 Å². The van der Waals surface area contributed by atoms with E-state index in [2.05, 4.69) is 28.0 Å². The lowest BCUT2D eigenvalue weighted by Crippen LogP contribution is -2.45. The van der Waals surface area contributed by atoms with E-state index in [1.807, 2.05) is 24.3 Å². The Morgan fingerprint density at radius 1 is 1.23 bits per heavy atom.